The zero-order chi connectivity index (χ0) is 24.5. The third-order valence-corrected chi connectivity index (χ3v) is 7.28. The Morgan fingerprint density at radius 2 is 0.844 bits per heavy atom. The molecule has 32 heavy (non-hydrogen) atoms. The van der Waals surface area contributed by atoms with Gasteiger partial charge in [-0.3, -0.25) is 0 Å². The molecule has 3 rings (SSSR count). The number of rotatable bonds is 3. The fraction of sp³-hybridized carbons (Fsp3) is 0.200. The van der Waals surface area contributed by atoms with Crippen LogP contribution in [0.2, 0.25) is 19.6 Å². The van der Waals surface area contributed by atoms with Gasteiger partial charge in [0.25, 0.3) is 0 Å². The molecular weight excluding hydrogens is 469 g/mol. The molecule has 168 valence electrons. The smallest absolute Gasteiger partial charge is 0.200 e. The maximum atomic E-state index is 14.8. The highest BCUT2D eigenvalue weighted by atomic mass is 28.3. The fourth-order valence-electron chi connectivity index (χ4n) is 3.72. The van der Waals surface area contributed by atoms with Crippen LogP contribution in [0.4, 0.5) is 43.9 Å². The Hall–Kier alpha value is -2.50. The molecule has 1 aliphatic carbocycles. The molecule has 0 N–H and O–H groups in total. The molecule has 0 bridgehead atoms. The minimum atomic E-state index is -3.21. The van der Waals surface area contributed by atoms with Gasteiger partial charge >= 0.3 is 0 Å². The summed E-state index contributed by atoms with van der Waals surface area (Å²) in [5.41, 5.74) is -7.75. The van der Waals surface area contributed by atoms with Gasteiger partial charge < -0.3 is 0 Å². The average molecular weight is 480 g/mol. The van der Waals surface area contributed by atoms with Crippen molar-refractivity contribution in [1.82, 2.24) is 0 Å². The van der Waals surface area contributed by atoms with Crippen LogP contribution in [-0.4, -0.2) is 15.9 Å². The van der Waals surface area contributed by atoms with Gasteiger partial charge in [-0.15, -0.1) is 0 Å². The number of benzene rings is 2. The molecule has 0 spiro atoms. The van der Waals surface area contributed by atoms with E-state index in [4.69, 9.17) is 7.85 Å². The van der Waals surface area contributed by atoms with Gasteiger partial charge in [0.05, 0.1) is 13.5 Å². The molecule has 0 aliphatic heterocycles. The summed E-state index contributed by atoms with van der Waals surface area (Å²) < 4.78 is 142. The zero-order valence-electron chi connectivity index (χ0n) is 16.5. The summed E-state index contributed by atoms with van der Waals surface area (Å²) in [6.07, 6.45) is 1.60. The van der Waals surface area contributed by atoms with Gasteiger partial charge in [-0.05, 0) is 0 Å². The lowest BCUT2D eigenvalue weighted by molar-refractivity contribution is 0.349. The molecule has 12 heteroatoms. The van der Waals surface area contributed by atoms with E-state index < -0.39 is 88.3 Å². The van der Waals surface area contributed by atoms with Gasteiger partial charge in [-0.2, -0.15) is 0 Å². The van der Waals surface area contributed by atoms with E-state index in [1.54, 1.807) is 19.6 Å². The van der Waals surface area contributed by atoms with E-state index in [9.17, 15) is 43.9 Å². The number of allylic oxidation sites excluding steroid dienone is 4. The first-order valence-electron chi connectivity index (χ1n) is 8.84. The molecule has 0 amide bonds. The maximum Gasteiger partial charge on any atom is 0.200 e. The van der Waals surface area contributed by atoms with Crippen LogP contribution in [0, 0.1) is 58.2 Å². The second-order valence-electron chi connectivity index (χ2n) is 8.11. The molecule has 2 aromatic carbocycles. The van der Waals surface area contributed by atoms with Crippen molar-refractivity contribution in [2.45, 2.75) is 25.1 Å². The molecule has 0 unspecified atom stereocenters. The van der Waals surface area contributed by atoms with Crippen molar-refractivity contribution in [3.63, 3.8) is 0 Å². The van der Waals surface area contributed by atoms with Crippen molar-refractivity contribution in [3.05, 3.63) is 92.1 Å². The van der Waals surface area contributed by atoms with Crippen molar-refractivity contribution < 1.29 is 43.9 Å². The third-order valence-electron chi connectivity index (χ3n) is 5.23. The zero-order valence-corrected chi connectivity index (χ0v) is 17.5. The van der Waals surface area contributed by atoms with E-state index in [2.05, 4.69) is 0 Å². The van der Waals surface area contributed by atoms with Gasteiger partial charge in [0.15, 0.2) is 46.5 Å². The Labute approximate surface area is 177 Å². The predicted octanol–water partition coefficient (Wildman–Crippen LogP) is 6.23. The molecule has 1 aliphatic rings. The summed E-state index contributed by atoms with van der Waals surface area (Å²) in [5, 5.41) is 0.0467. The predicted molar refractivity (Wildman–Crippen MR) is 98.5 cm³/mol. The van der Waals surface area contributed by atoms with E-state index in [0.29, 0.717) is 6.08 Å². The minimum absolute atomic E-state index is 0.0467. The standard InChI is InChI=1S/C20H11BF10Si/c1-32(2,3)6-4-5-20(19(6)21,7-9(22)13(26)17(30)14(27)10(7)23)8-11(24)15(28)18(31)16(29)12(8)25/h4-5H,1-3H3. The van der Waals surface area contributed by atoms with Crippen LogP contribution in [-0.2, 0) is 5.41 Å². The van der Waals surface area contributed by atoms with Crippen LogP contribution in [0.15, 0.2) is 22.8 Å². The van der Waals surface area contributed by atoms with Gasteiger partial charge in [0.1, 0.15) is 7.85 Å². The SMILES string of the molecule is [B]C1=C([Si](C)(C)C)C=CC1(c1c(F)c(F)c(F)c(F)c1F)c1c(F)c(F)c(F)c(F)c1F. The molecule has 0 heterocycles. The number of hydrogen-bond donors (Lipinski definition) is 0. The van der Waals surface area contributed by atoms with Crippen molar-refractivity contribution in [1.29, 1.82) is 0 Å². The Balaban J connectivity index is 2.66. The van der Waals surface area contributed by atoms with Crippen LogP contribution in [0.3, 0.4) is 0 Å². The molecule has 0 saturated carbocycles. The molecule has 2 aromatic rings. The molecule has 0 nitrogen and oxygen atoms in total. The molecular formula is C20H11BF10Si. The molecule has 0 aromatic heterocycles. The summed E-state index contributed by atoms with van der Waals surface area (Å²) in [5.74, 6) is -25.2. The topological polar surface area (TPSA) is 0 Å². The van der Waals surface area contributed by atoms with E-state index >= 15 is 0 Å². The lowest BCUT2D eigenvalue weighted by atomic mass is 9.63. The summed E-state index contributed by atoms with van der Waals surface area (Å²) in [6.45, 7) is 4.85. The highest BCUT2D eigenvalue weighted by Gasteiger charge is 2.50. The van der Waals surface area contributed by atoms with Crippen LogP contribution in [0.5, 0.6) is 0 Å². The molecule has 0 saturated heterocycles. The normalized spacial score (nSPS) is 15.8. The van der Waals surface area contributed by atoms with Crippen LogP contribution >= 0.6 is 0 Å². The minimum Gasteiger partial charge on any atom is -0.203 e. The first-order valence-corrected chi connectivity index (χ1v) is 12.3. The van der Waals surface area contributed by atoms with Crippen molar-refractivity contribution in [2.75, 3.05) is 0 Å². The molecule has 0 fully saturated rings. The summed E-state index contributed by atoms with van der Waals surface area (Å²) in [4.78, 5) is 0. The second kappa shape index (κ2) is 7.53. The lowest BCUT2D eigenvalue weighted by Gasteiger charge is -2.34. The Bertz CT molecular complexity index is 1100. The highest BCUT2D eigenvalue weighted by Crippen LogP contribution is 2.51. The fourth-order valence-corrected chi connectivity index (χ4v) is 5.31. The van der Waals surface area contributed by atoms with Crippen molar-refractivity contribution >= 4 is 15.9 Å². The van der Waals surface area contributed by atoms with Crippen LogP contribution < -0.4 is 0 Å². The third kappa shape index (κ3) is 3.06. The summed E-state index contributed by atoms with van der Waals surface area (Å²) >= 11 is 0. The molecule has 0 atom stereocenters. The second-order valence-corrected chi connectivity index (χ2v) is 13.1. The largest absolute Gasteiger partial charge is 0.203 e. The quantitative estimate of drug-likeness (QED) is 0.212. The van der Waals surface area contributed by atoms with E-state index in [1.165, 1.54) is 0 Å². The van der Waals surface area contributed by atoms with Gasteiger partial charge in [0, 0.05) is 11.1 Å². The Kier molecular flexibility index (Phi) is 5.68. The number of halogens is 10. The Morgan fingerprint density at radius 1 is 0.562 bits per heavy atom. The van der Waals surface area contributed by atoms with Gasteiger partial charge in [0.2, 0.25) is 11.6 Å². The maximum absolute atomic E-state index is 14.8. The first kappa shape index (κ1) is 24.2. The van der Waals surface area contributed by atoms with Crippen LogP contribution in [0.1, 0.15) is 11.1 Å². The molecule has 2 radical (unpaired) electrons. The summed E-state index contributed by atoms with van der Waals surface area (Å²) in [7, 11) is 3.34. The monoisotopic (exact) mass is 480 g/mol. The average Bonchev–Trinajstić information content (AvgIpc) is 3.05. The number of hydrogen-bond acceptors (Lipinski definition) is 0. The van der Waals surface area contributed by atoms with E-state index in [-0.39, 0.29) is 5.20 Å². The van der Waals surface area contributed by atoms with Crippen molar-refractivity contribution in [3.8, 4) is 0 Å². The van der Waals surface area contributed by atoms with Gasteiger partial charge in [-0.25, -0.2) is 43.9 Å². The Morgan fingerprint density at radius 3 is 1.09 bits per heavy atom. The highest BCUT2D eigenvalue weighted by molar-refractivity contribution is 6.84. The van der Waals surface area contributed by atoms with Crippen molar-refractivity contribution in [2.24, 2.45) is 0 Å². The lowest BCUT2D eigenvalue weighted by Crippen LogP contribution is -2.36. The van der Waals surface area contributed by atoms with Crippen LogP contribution in [0.25, 0.3) is 0 Å². The van der Waals surface area contributed by atoms with Gasteiger partial charge in [-0.1, -0.05) is 42.5 Å². The van der Waals surface area contributed by atoms with E-state index in [1.807, 2.05) is 0 Å². The van der Waals surface area contributed by atoms with E-state index in [0.717, 1.165) is 6.08 Å². The first-order chi connectivity index (χ1) is 14.6. The summed E-state index contributed by atoms with van der Waals surface area (Å²) in [6, 6.07) is 0.